The van der Waals surface area contributed by atoms with Gasteiger partial charge in [-0.25, -0.2) is 4.79 Å². The van der Waals surface area contributed by atoms with Gasteiger partial charge in [0.1, 0.15) is 11.3 Å². The molecule has 1 amide bonds. The smallest absolute Gasteiger partial charge is 0.342 e. The monoisotopic (exact) mass is 355 g/mol. The fourth-order valence-electron chi connectivity index (χ4n) is 2.59. The summed E-state index contributed by atoms with van der Waals surface area (Å²) in [5, 5.41) is 2.86. The molecule has 0 unspecified atom stereocenters. The van der Waals surface area contributed by atoms with Crippen LogP contribution in [0.3, 0.4) is 0 Å². The van der Waals surface area contributed by atoms with Gasteiger partial charge >= 0.3 is 5.97 Å². The van der Waals surface area contributed by atoms with Crippen LogP contribution in [0, 0.1) is 0 Å². The van der Waals surface area contributed by atoms with E-state index in [-0.39, 0.29) is 11.5 Å². The predicted molar refractivity (Wildman–Crippen MR) is 102 cm³/mol. The lowest BCUT2D eigenvalue weighted by Crippen LogP contribution is -2.30. The molecule has 0 heterocycles. The van der Waals surface area contributed by atoms with E-state index in [0.717, 1.165) is 17.7 Å². The Morgan fingerprint density at radius 1 is 1.04 bits per heavy atom. The summed E-state index contributed by atoms with van der Waals surface area (Å²) in [6.45, 7) is 5.76. The molecule has 0 aromatic heterocycles. The van der Waals surface area contributed by atoms with Crippen LogP contribution >= 0.6 is 0 Å². The van der Waals surface area contributed by atoms with E-state index < -0.39 is 12.1 Å². The maximum absolute atomic E-state index is 12.5. The van der Waals surface area contributed by atoms with Crippen molar-refractivity contribution in [2.24, 2.45) is 0 Å². The molecule has 5 nitrogen and oxygen atoms in total. The molecule has 0 aliphatic carbocycles. The Hall–Kier alpha value is -2.82. The second kappa shape index (κ2) is 9.04. The average molecular weight is 355 g/mol. The number of ether oxygens (including phenoxy) is 2. The van der Waals surface area contributed by atoms with Crippen molar-refractivity contribution < 1.29 is 19.1 Å². The first kappa shape index (κ1) is 19.5. The summed E-state index contributed by atoms with van der Waals surface area (Å²) in [6.07, 6.45) is 0.0306. The van der Waals surface area contributed by atoms with Crippen molar-refractivity contribution in [3.8, 4) is 5.75 Å². The standard InChI is InChI=1S/C21H25NO4/c1-5-14(2)16-10-6-8-12-18(16)22-20(23)15(3)26-21(24)17-11-7-9-13-19(17)25-4/h6-15H,5H2,1-4H3,(H,22,23)/t14-,15-/m1/s1. The van der Waals surface area contributed by atoms with Gasteiger partial charge < -0.3 is 14.8 Å². The molecule has 0 bridgehead atoms. The molecule has 0 saturated heterocycles. The number of para-hydroxylation sites is 2. The SMILES string of the molecule is CC[C@@H](C)c1ccccc1NC(=O)[C@@H](C)OC(=O)c1ccccc1OC. The molecule has 2 atom stereocenters. The minimum absolute atomic E-state index is 0.287. The fourth-order valence-corrected chi connectivity index (χ4v) is 2.59. The van der Waals surface area contributed by atoms with E-state index in [1.807, 2.05) is 24.3 Å². The van der Waals surface area contributed by atoms with Crippen LogP contribution in [-0.4, -0.2) is 25.1 Å². The van der Waals surface area contributed by atoms with Crippen molar-refractivity contribution in [1.29, 1.82) is 0 Å². The van der Waals surface area contributed by atoms with Crippen LogP contribution in [0.4, 0.5) is 5.69 Å². The summed E-state index contributed by atoms with van der Waals surface area (Å²) in [5.41, 5.74) is 2.09. The Balaban J connectivity index is 2.08. The highest BCUT2D eigenvalue weighted by molar-refractivity contribution is 5.98. The molecule has 0 fully saturated rings. The Labute approximate surface area is 154 Å². The number of benzene rings is 2. The largest absolute Gasteiger partial charge is 0.496 e. The molecule has 2 aromatic rings. The first-order valence-electron chi connectivity index (χ1n) is 8.71. The van der Waals surface area contributed by atoms with Crippen LogP contribution in [0.5, 0.6) is 5.75 Å². The topological polar surface area (TPSA) is 64.6 Å². The predicted octanol–water partition coefficient (Wildman–Crippen LogP) is 4.39. The van der Waals surface area contributed by atoms with Gasteiger partial charge in [-0.05, 0) is 43.0 Å². The van der Waals surface area contributed by atoms with Gasteiger partial charge in [-0.1, -0.05) is 44.2 Å². The molecule has 2 aromatic carbocycles. The Kier molecular flexibility index (Phi) is 6.78. The summed E-state index contributed by atoms with van der Waals surface area (Å²) in [5.74, 6) is -0.241. The van der Waals surface area contributed by atoms with Gasteiger partial charge in [-0.2, -0.15) is 0 Å². The number of amides is 1. The van der Waals surface area contributed by atoms with Crippen LogP contribution in [0.25, 0.3) is 0 Å². The molecule has 5 heteroatoms. The second-order valence-electron chi connectivity index (χ2n) is 6.13. The number of carbonyl (C=O) groups excluding carboxylic acids is 2. The fraction of sp³-hybridized carbons (Fsp3) is 0.333. The zero-order valence-corrected chi connectivity index (χ0v) is 15.6. The summed E-state index contributed by atoms with van der Waals surface area (Å²) in [6, 6.07) is 14.4. The third-order valence-corrected chi connectivity index (χ3v) is 4.34. The third-order valence-electron chi connectivity index (χ3n) is 4.34. The van der Waals surface area contributed by atoms with E-state index >= 15 is 0 Å². The van der Waals surface area contributed by atoms with Crippen molar-refractivity contribution in [2.75, 3.05) is 12.4 Å². The molecule has 2 rings (SSSR count). The third kappa shape index (κ3) is 4.63. The second-order valence-corrected chi connectivity index (χ2v) is 6.13. The van der Waals surface area contributed by atoms with Crippen molar-refractivity contribution in [2.45, 2.75) is 39.2 Å². The zero-order valence-electron chi connectivity index (χ0n) is 15.6. The zero-order chi connectivity index (χ0) is 19.1. The number of hydrogen-bond donors (Lipinski definition) is 1. The van der Waals surface area contributed by atoms with Crippen LogP contribution in [-0.2, 0) is 9.53 Å². The van der Waals surface area contributed by atoms with E-state index in [4.69, 9.17) is 9.47 Å². The van der Waals surface area contributed by atoms with E-state index in [0.29, 0.717) is 11.7 Å². The lowest BCUT2D eigenvalue weighted by atomic mass is 9.97. The highest BCUT2D eigenvalue weighted by Crippen LogP contribution is 2.27. The summed E-state index contributed by atoms with van der Waals surface area (Å²) < 4.78 is 10.5. The molecule has 0 spiro atoms. The van der Waals surface area contributed by atoms with E-state index in [1.54, 1.807) is 31.2 Å². The van der Waals surface area contributed by atoms with E-state index in [2.05, 4.69) is 19.2 Å². The van der Waals surface area contributed by atoms with Gasteiger partial charge in [0.05, 0.1) is 7.11 Å². The molecule has 0 aliphatic heterocycles. The van der Waals surface area contributed by atoms with E-state index in [9.17, 15) is 9.59 Å². The summed E-state index contributed by atoms with van der Waals surface area (Å²) in [4.78, 5) is 24.8. The maximum atomic E-state index is 12.5. The van der Waals surface area contributed by atoms with E-state index in [1.165, 1.54) is 7.11 Å². The Morgan fingerprint density at radius 2 is 1.69 bits per heavy atom. The molecule has 0 aliphatic rings. The molecule has 0 radical (unpaired) electrons. The number of carbonyl (C=O) groups is 2. The quantitative estimate of drug-likeness (QED) is 0.748. The van der Waals surface area contributed by atoms with Gasteiger partial charge in [-0.15, -0.1) is 0 Å². The first-order valence-corrected chi connectivity index (χ1v) is 8.71. The van der Waals surface area contributed by atoms with Crippen molar-refractivity contribution in [3.05, 3.63) is 59.7 Å². The minimum atomic E-state index is -0.933. The number of anilines is 1. The first-order chi connectivity index (χ1) is 12.5. The number of rotatable bonds is 7. The Bertz CT molecular complexity index is 772. The van der Waals surface area contributed by atoms with Gasteiger partial charge in [-0.3, -0.25) is 4.79 Å². The molecule has 26 heavy (non-hydrogen) atoms. The highest BCUT2D eigenvalue weighted by atomic mass is 16.5. The van der Waals surface area contributed by atoms with Crippen LogP contribution in [0.15, 0.2) is 48.5 Å². The minimum Gasteiger partial charge on any atom is -0.496 e. The molecule has 0 saturated carbocycles. The van der Waals surface area contributed by atoms with Crippen LogP contribution < -0.4 is 10.1 Å². The van der Waals surface area contributed by atoms with Crippen molar-refractivity contribution in [3.63, 3.8) is 0 Å². The number of nitrogens with one attached hydrogen (secondary N) is 1. The van der Waals surface area contributed by atoms with Gasteiger partial charge in [0.25, 0.3) is 5.91 Å². The normalized spacial score (nSPS) is 12.8. The van der Waals surface area contributed by atoms with Crippen LogP contribution in [0.1, 0.15) is 49.0 Å². The Morgan fingerprint density at radius 3 is 2.38 bits per heavy atom. The maximum Gasteiger partial charge on any atom is 0.342 e. The van der Waals surface area contributed by atoms with Crippen LogP contribution in [0.2, 0.25) is 0 Å². The molecule has 1 N–H and O–H groups in total. The average Bonchev–Trinajstić information content (AvgIpc) is 2.67. The number of hydrogen-bond acceptors (Lipinski definition) is 4. The lowest BCUT2D eigenvalue weighted by molar-refractivity contribution is -0.123. The summed E-state index contributed by atoms with van der Waals surface area (Å²) >= 11 is 0. The van der Waals surface area contributed by atoms with Gasteiger partial charge in [0.15, 0.2) is 6.10 Å². The van der Waals surface area contributed by atoms with Gasteiger partial charge in [0, 0.05) is 5.69 Å². The molecule has 138 valence electrons. The molecular weight excluding hydrogens is 330 g/mol. The van der Waals surface area contributed by atoms with Crippen molar-refractivity contribution in [1.82, 2.24) is 0 Å². The number of methoxy groups -OCH3 is 1. The highest BCUT2D eigenvalue weighted by Gasteiger charge is 2.22. The summed E-state index contributed by atoms with van der Waals surface area (Å²) in [7, 11) is 1.48. The van der Waals surface area contributed by atoms with Crippen molar-refractivity contribution >= 4 is 17.6 Å². The number of esters is 1. The lowest BCUT2D eigenvalue weighted by Gasteiger charge is -2.18. The van der Waals surface area contributed by atoms with Gasteiger partial charge in [0.2, 0.25) is 0 Å². The molecular formula is C21H25NO4.